The van der Waals surface area contributed by atoms with Crippen LogP contribution in [0.15, 0.2) is 23.0 Å². The first-order valence-corrected chi connectivity index (χ1v) is 8.66. The molecular formula is C17H21N5O4. The molecule has 9 nitrogen and oxygen atoms in total. The Hall–Kier alpha value is -2.68. The quantitative estimate of drug-likeness (QED) is 0.835. The second-order valence-electron chi connectivity index (χ2n) is 6.73. The van der Waals surface area contributed by atoms with Gasteiger partial charge in [0, 0.05) is 51.4 Å². The van der Waals surface area contributed by atoms with Gasteiger partial charge in [0.15, 0.2) is 11.8 Å². The molecule has 1 atom stereocenters. The number of likely N-dealkylation sites (tertiary alicyclic amines) is 1. The van der Waals surface area contributed by atoms with Crippen molar-refractivity contribution in [2.45, 2.75) is 38.0 Å². The number of piperidine rings is 1. The van der Waals surface area contributed by atoms with E-state index in [4.69, 9.17) is 9.26 Å². The number of nitrogens with zero attached hydrogens (tertiary/aromatic N) is 4. The fraction of sp³-hybridized carbons (Fsp3) is 0.529. The van der Waals surface area contributed by atoms with Gasteiger partial charge in [0.1, 0.15) is 17.2 Å². The van der Waals surface area contributed by atoms with E-state index in [1.54, 1.807) is 31.1 Å². The maximum atomic E-state index is 12.6. The molecule has 1 spiro atoms. The zero-order valence-electron chi connectivity index (χ0n) is 14.8. The van der Waals surface area contributed by atoms with E-state index in [-0.39, 0.29) is 11.8 Å². The number of carbonyl (C=O) groups is 2. The molecule has 138 valence electrons. The molecule has 2 aromatic rings. The number of fused-ring (bicyclic) bond motifs is 2. The Kier molecular flexibility index (Phi) is 4.03. The van der Waals surface area contributed by atoms with Gasteiger partial charge in [-0.3, -0.25) is 9.59 Å². The van der Waals surface area contributed by atoms with E-state index in [0.717, 1.165) is 5.82 Å². The minimum absolute atomic E-state index is 0.152. The summed E-state index contributed by atoms with van der Waals surface area (Å²) in [5.41, 5.74) is -0.345. The van der Waals surface area contributed by atoms with Crippen LogP contribution in [-0.2, 0) is 21.7 Å². The second kappa shape index (κ2) is 6.24. The SMILES string of the molecule is CNC(=O)[C@@H]1Cn2ccnc2C2(CCN(C(=O)c3cc(C)on3)CC2)O1. The summed E-state index contributed by atoms with van der Waals surface area (Å²) < 4.78 is 13.2. The molecule has 1 N–H and O–H groups in total. The third-order valence-corrected chi connectivity index (χ3v) is 5.10. The lowest BCUT2D eigenvalue weighted by Crippen LogP contribution is -2.54. The van der Waals surface area contributed by atoms with Crippen LogP contribution in [0.4, 0.5) is 0 Å². The van der Waals surface area contributed by atoms with Crippen molar-refractivity contribution in [3.8, 4) is 0 Å². The van der Waals surface area contributed by atoms with Gasteiger partial charge in [-0.1, -0.05) is 5.16 Å². The van der Waals surface area contributed by atoms with Crippen molar-refractivity contribution < 1.29 is 18.8 Å². The zero-order chi connectivity index (χ0) is 18.3. The molecule has 2 amide bonds. The van der Waals surface area contributed by atoms with Crippen molar-refractivity contribution >= 4 is 11.8 Å². The average molecular weight is 359 g/mol. The van der Waals surface area contributed by atoms with Crippen molar-refractivity contribution in [1.29, 1.82) is 0 Å². The molecule has 2 aliphatic heterocycles. The lowest BCUT2D eigenvalue weighted by Gasteiger charge is -2.45. The number of carbonyl (C=O) groups excluding carboxylic acids is 2. The second-order valence-corrected chi connectivity index (χ2v) is 6.73. The third kappa shape index (κ3) is 2.68. The first-order chi connectivity index (χ1) is 12.5. The summed E-state index contributed by atoms with van der Waals surface area (Å²) in [5, 5.41) is 6.45. The molecule has 4 heterocycles. The molecule has 1 saturated heterocycles. The average Bonchev–Trinajstić information content (AvgIpc) is 3.30. The van der Waals surface area contributed by atoms with Gasteiger partial charge in [-0.05, 0) is 6.92 Å². The number of hydrogen-bond acceptors (Lipinski definition) is 6. The normalized spacial score (nSPS) is 21.5. The summed E-state index contributed by atoms with van der Waals surface area (Å²) in [6, 6.07) is 1.64. The van der Waals surface area contributed by atoms with Gasteiger partial charge < -0.3 is 24.0 Å². The van der Waals surface area contributed by atoms with Gasteiger partial charge in [-0.25, -0.2) is 4.98 Å². The predicted molar refractivity (Wildman–Crippen MR) is 89.2 cm³/mol. The van der Waals surface area contributed by atoms with Gasteiger partial charge in [0.2, 0.25) is 0 Å². The Morgan fingerprint density at radius 3 is 2.77 bits per heavy atom. The van der Waals surface area contributed by atoms with Crippen molar-refractivity contribution in [2.24, 2.45) is 0 Å². The number of ether oxygens (including phenoxy) is 1. The third-order valence-electron chi connectivity index (χ3n) is 5.10. The van der Waals surface area contributed by atoms with Gasteiger partial charge in [0.05, 0.1) is 6.54 Å². The molecule has 9 heteroatoms. The summed E-state index contributed by atoms with van der Waals surface area (Å²) in [4.78, 5) is 30.9. The van der Waals surface area contributed by atoms with E-state index in [1.165, 1.54) is 0 Å². The molecule has 0 aromatic carbocycles. The van der Waals surface area contributed by atoms with Crippen molar-refractivity contribution in [3.63, 3.8) is 0 Å². The van der Waals surface area contributed by atoms with Crippen LogP contribution in [0.1, 0.15) is 34.9 Å². The predicted octanol–water partition coefficient (Wildman–Crippen LogP) is 0.456. The largest absolute Gasteiger partial charge is 0.361 e. The summed E-state index contributed by atoms with van der Waals surface area (Å²) in [5.74, 6) is 1.12. The number of imidazole rings is 1. The minimum atomic E-state index is -0.657. The molecule has 2 aliphatic rings. The lowest BCUT2D eigenvalue weighted by atomic mass is 9.88. The standard InChI is InChI=1S/C17H21N5O4/c1-11-9-12(20-26-11)15(24)21-6-3-17(4-7-21)16-19-5-8-22(16)10-13(25-17)14(23)18-2/h5,8-9,13H,3-4,6-7,10H2,1-2H3,(H,18,23)/t13-/m0/s1. The summed E-state index contributed by atoms with van der Waals surface area (Å²) in [6.07, 6.45) is 4.16. The number of aryl methyl sites for hydroxylation is 1. The van der Waals surface area contributed by atoms with Crippen LogP contribution in [0.25, 0.3) is 0 Å². The fourth-order valence-electron chi connectivity index (χ4n) is 3.74. The highest BCUT2D eigenvalue weighted by atomic mass is 16.5. The van der Waals surface area contributed by atoms with E-state index >= 15 is 0 Å². The number of amides is 2. The van der Waals surface area contributed by atoms with Crippen molar-refractivity contribution in [1.82, 2.24) is 24.9 Å². The van der Waals surface area contributed by atoms with Crippen LogP contribution in [0.2, 0.25) is 0 Å². The van der Waals surface area contributed by atoms with Gasteiger partial charge in [0.25, 0.3) is 11.8 Å². The summed E-state index contributed by atoms with van der Waals surface area (Å²) in [7, 11) is 1.60. The molecule has 1 fully saturated rings. The Bertz CT molecular complexity index is 834. The van der Waals surface area contributed by atoms with Crippen LogP contribution in [0.3, 0.4) is 0 Å². The molecule has 2 aromatic heterocycles. The minimum Gasteiger partial charge on any atom is -0.361 e. The van der Waals surface area contributed by atoms with Crippen molar-refractivity contribution in [3.05, 3.63) is 35.7 Å². The smallest absolute Gasteiger partial charge is 0.276 e. The van der Waals surface area contributed by atoms with E-state index in [9.17, 15) is 9.59 Å². The van der Waals surface area contributed by atoms with E-state index in [1.807, 2.05) is 10.8 Å². The topological polar surface area (TPSA) is 102 Å². The highest BCUT2D eigenvalue weighted by molar-refractivity contribution is 5.92. The fourth-order valence-corrected chi connectivity index (χ4v) is 3.74. The van der Waals surface area contributed by atoms with Crippen LogP contribution in [0.5, 0.6) is 0 Å². The molecule has 4 rings (SSSR count). The van der Waals surface area contributed by atoms with Gasteiger partial charge >= 0.3 is 0 Å². The molecule has 26 heavy (non-hydrogen) atoms. The Balaban J connectivity index is 1.54. The maximum Gasteiger partial charge on any atom is 0.276 e. The number of likely N-dealkylation sites (N-methyl/N-ethyl adjacent to an activating group) is 1. The monoisotopic (exact) mass is 359 g/mol. The van der Waals surface area contributed by atoms with Gasteiger partial charge in [-0.15, -0.1) is 0 Å². The summed E-state index contributed by atoms with van der Waals surface area (Å²) in [6.45, 7) is 3.19. The van der Waals surface area contributed by atoms with E-state index in [0.29, 0.717) is 43.9 Å². The Morgan fingerprint density at radius 1 is 1.35 bits per heavy atom. The zero-order valence-corrected chi connectivity index (χ0v) is 14.8. The van der Waals surface area contributed by atoms with E-state index < -0.39 is 11.7 Å². The number of rotatable bonds is 2. The highest BCUT2D eigenvalue weighted by Crippen LogP contribution is 2.40. The lowest BCUT2D eigenvalue weighted by molar-refractivity contribution is -0.171. The highest BCUT2D eigenvalue weighted by Gasteiger charge is 2.47. The number of aromatic nitrogens is 3. The van der Waals surface area contributed by atoms with Crippen LogP contribution in [-0.4, -0.2) is 57.7 Å². The molecule has 0 aliphatic carbocycles. The summed E-state index contributed by atoms with van der Waals surface area (Å²) >= 11 is 0. The molecular weight excluding hydrogens is 338 g/mol. The first-order valence-electron chi connectivity index (χ1n) is 8.66. The number of hydrogen-bond donors (Lipinski definition) is 1. The molecule has 0 unspecified atom stereocenters. The van der Waals surface area contributed by atoms with Gasteiger partial charge in [-0.2, -0.15) is 0 Å². The Labute approximate surface area is 150 Å². The van der Waals surface area contributed by atoms with Crippen LogP contribution >= 0.6 is 0 Å². The van der Waals surface area contributed by atoms with Crippen LogP contribution < -0.4 is 5.32 Å². The van der Waals surface area contributed by atoms with Crippen molar-refractivity contribution in [2.75, 3.05) is 20.1 Å². The Morgan fingerprint density at radius 2 is 2.12 bits per heavy atom. The van der Waals surface area contributed by atoms with Crippen LogP contribution in [0, 0.1) is 6.92 Å². The maximum absolute atomic E-state index is 12.6. The molecule has 0 radical (unpaired) electrons. The molecule has 0 bridgehead atoms. The first kappa shape index (κ1) is 16.8. The van der Waals surface area contributed by atoms with E-state index in [2.05, 4.69) is 15.5 Å². The molecule has 0 saturated carbocycles. The number of nitrogens with one attached hydrogen (secondary N) is 1.